The molecular weight excluding hydrogens is 615 g/mol. The summed E-state index contributed by atoms with van der Waals surface area (Å²) in [6, 6.07) is 9.97. The van der Waals surface area contributed by atoms with Crippen molar-refractivity contribution in [2.75, 3.05) is 36.4 Å². The van der Waals surface area contributed by atoms with Gasteiger partial charge in [0.05, 0.1) is 21.3 Å². The Morgan fingerprint density at radius 1 is 1.00 bits per heavy atom. The van der Waals surface area contributed by atoms with Crippen LogP contribution in [0.25, 0.3) is 0 Å². The normalized spacial score (nSPS) is 14.1. The Morgan fingerprint density at radius 2 is 1.67 bits per heavy atom. The third-order valence-electron chi connectivity index (χ3n) is 4.76. The number of thiocarbonyl (C=S) groups is 1. The van der Waals surface area contributed by atoms with Crippen molar-refractivity contribution in [1.29, 1.82) is 0 Å². The topological polar surface area (TPSA) is 64.7 Å². The van der Waals surface area contributed by atoms with Crippen molar-refractivity contribution in [1.82, 2.24) is 10.2 Å². The van der Waals surface area contributed by atoms with E-state index < -0.39 is 18.0 Å². The van der Waals surface area contributed by atoms with Gasteiger partial charge in [-0.25, -0.2) is 0 Å². The lowest BCUT2D eigenvalue weighted by Gasteiger charge is -2.36. The van der Waals surface area contributed by atoms with E-state index in [9.17, 15) is 22.8 Å². The molecule has 2 amide bonds. The van der Waals surface area contributed by atoms with Crippen LogP contribution in [-0.4, -0.2) is 54.2 Å². The zero-order valence-electron chi connectivity index (χ0n) is 16.7. The molecule has 0 saturated carbocycles. The number of rotatable bonds is 3. The Bertz CT molecular complexity index is 1100. The largest absolute Gasteiger partial charge is 0.471 e. The monoisotopic (exact) mass is 630 g/mol. The van der Waals surface area contributed by atoms with Crippen molar-refractivity contribution >= 4 is 86.3 Å². The smallest absolute Gasteiger partial charge is 0.367 e. The second kappa shape index (κ2) is 10.6. The standard InChI is InChI=1S/C20H16Cl2F3IN4O2S/c21-14-3-1-11(26)9-13(14)17(31)28-19(33)27-12-2-4-16(15(22)10-12)29-5-7-30(8-6-29)18(32)20(23,24)25/h1-4,9-10H,5-8H2,(H2,27,28,31,33). The lowest BCUT2D eigenvalue weighted by molar-refractivity contribution is -0.185. The Balaban J connectivity index is 1.59. The van der Waals surface area contributed by atoms with E-state index in [1.54, 1.807) is 41.3 Å². The van der Waals surface area contributed by atoms with E-state index in [4.69, 9.17) is 35.4 Å². The number of halogens is 6. The maximum absolute atomic E-state index is 12.6. The molecule has 1 fully saturated rings. The molecule has 0 aliphatic carbocycles. The number of nitrogens with zero attached hydrogens (tertiary/aromatic N) is 2. The molecule has 6 nitrogen and oxygen atoms in total. The highest BCUT2D eigenvalue weighted by Gasteiger charge is 2.43. The molecule has 0 bridgehead atoms. The molecule has 0 radical (unpaired) electrons. The highest BCUT2D eigenvalue weighted by Crippen LogP contribution is 2.30. The van der Waals surface area contributed by atoms with Gasteiger partial charge in [0.25, 0.3) is 5.91 Å². The highest BCUT2D eigenvalue weighted by molar-refractivity contribution is 14.1. The van der Waals surface area contributed by atoms with E-state index >= 15 is 0 Å². The number of amides is 2. The van der Waals surface area contributed by atoms with Crippen molar-refractivity contribution in [3.8, 4) is 0 Å². The average molecular weight is 631 g/mol. The molecule has 0 aromatic heterocycles. The lowest BCUT2D eigenvalue weighted by Crippen LogP contribution is -2.52. The van der Waals surface area contributed by atoms with Crippen molar-refractivity contribution in [2.24, 2.45) is 0 Å². The minimum Gasteiger partial charge on any atom is -0.367 e. The summed E-state index contributed by atoms with van der Waals surface area (Å²) in [7, 11) is 0. The number of nitrogens with one attached hydrogen (secondary N) is 2. The van der Waals surface area contributed by atoms with E-state index in [2.05, 4.69) is 33.2 Å². The number of anilines is 2. The first-order valence-corrected chi connectivity index (χ1v) is 11.7. The second-order valence-corrected chi connectivity index (χ2v) is 9.44. The molecule has 2 aromatic carbocycles. The van der Waals surface area contributed by atoms with E-state index in [-0.39, 0.29) is 36.9 Å². The Kier molecular flexibility index (Phi) is 8.30. The SMILES string of the molecule is O=C(NC(=S)Nc1ccc(N2CCN(C(=O)C(F)(F)F)CC2)c(Cl)c1)c1cc(I)ccc1Cl. The molecule has 33 heavy (non-hydrogen) atoms. The van der Waals surface area contributed by atoms with Crippen molar-refractivity contribution in [3.05, 3.63) is 55.6 Å². The molecule has 3 rings (SSSR count). The summed E-state index contributed by atoms with van der Waals surface area (Å²) < 4.78 is 38.6. The molecule has 1 aliphatic rings. The van der Waals surface area contributed by atoms with Gasteiger partial charge < -0.3 is 15.1 Å². The Hall–Kier alpha value is -1.83. The van der Waals surface area contributed by atoms with E-state index in [1.807, 2.05) is 0 Å². The summed E-state index contributed by atoms with van der Waals surface area (Å²) in [4.78, 5) is 26.4. The van der Waals surface area contributed by atoms with Gasteiger partial charge in [0, 0.05) is 35.4 Å². The first-order valence-electron chi connectivity index (χ1n) is 9.43. The number of piperazine rings is 1. The first kappa shape index (κ1) is 25.8. The van der Waals surface area contributed by atoms with Gasteiger partial charge in [0.2, 0.25) is 0 Å². The van der Waals surface area contributed by atoms with Crippen molar-refractivity contribution in [3.63, 3.8) is 0 Å². The summed E-state index contributed by atoms with van der Waals surface area (Å²) in [5.74, 6) is -2.31. The summed E-state index contributed by atoms with van der Waals surface area (Å²) in [5, 5.41) is 6.08. The Morgan fingerprint density at radius 3 is 2.27 bits per heavy atom. The minimum atomic E-state index is -4.88. The molecule has 2 aromatic rings. The van der Waals surface area contributed by atoms with E-state index in [0.717, 1.165) is 8.47 Å². The molecule has 1 aliphatic heterocycles. The van der Waals surface area contributed by atoms with Crippen LogP contribution >= 0.6 is 58.0 Å². The fraction of sp³-hybridized carbons (Fsp3) is 0.250. The van der Waals surface area contributed by atoms with E-state index in [1.165, 1.54) is 0 Å². The number of hydrogen-bond donors (Lipinski definition) is 2. The molecule has 0 unspecified atom stereocenters. The van der Waals surface area contributed by atoms with Crippen LogP contribution in [0.1, 0.15) is 10.4 Å². The van der Waals surface area contributed by atoms with Crippen LogP contribution in [0, 0.1) is 3.57 Å². The van der Waals surface area contributed by atoms with Crippen LogP contribution in [0.5, 0.6) is 0 Å². The van der Waals surface area contributed by atoms with E-state index in [0.29, 0.717) is 21.4 Å². The highest BCUT2D eigenvalue weighted by atomic mass is 127. The summed E-state index contributed by atoms with van der Waals surface area (Å²) in [6.07, 6.45) is -4.88. The van der Waals surface area contributed by atoms with Gasteiger partial charge in [-0.2, -0.15) is 13.2 Å². The molecule has 176 valence electrons. The summed E-state index contributed by atoms with van der Waals surface area (Å²) in [6.45, 7) is 0.288. The first-order chi connectivity index (χ1) is 15.5. The third-order valence-corrected chi connectivity index (χ3v) is 6.26. The summed E-state index contributed by atoms with van der Waals surface area (Å²) >= 11 is 19.7. The minimum absolute atomic E-state index is 0.0398. The van der Waals surface area contributed by atoms with Gasteiger partial charge in [-0.05, 0) is 71.2 Å². The van der Waals surface area contributed by atoms with Crippen LogP contribution in [0.15, 0.2) is 36.4 Å². The quantitative estimate of drug-likeness (QED) is 0.372. The molecule has 13 heteroatoms. The number of carbonyl (C=O) groups excluding carboxylic acids is 2. The number of hydrogen-bond acceptors (Lipinski definition) is 4. The zero-order valence-corrected chi connectivity index (χ0v) is 21.2. The van der Waals surface area contributed by atoms with Gasteiger partial charge in [-0.1, -0.05) is 23.2 Å². The predicted octanol–water partition coefficient (Wildman–Crippen LogP) is 4.94. The van der Waals surface area contributed by atoms with Crippen LogP contribution in [0.3, 0.4) is 0 Å². The number of benzene rings is 2. The molecule has 1 heterocycles. The van der Waals surface area contributed by atoms with Gasteiger partial charge in [-0.3, -0.25) is 14.9 Å². The third kappa shape index (κ3) is 6.61. The zero-order chi connectivity index (χ0) is 24.3. The summed E-state index contributed by atoms with van der Waals surface area (Å²) in [5.41, 5.74) is 1.40. The van der Waals surface area contributed by atoms with Crippen LogP contribution < -0.4 is 15.5 Å². The predicted molar refractivity (Wildman–Crippen MR) is 134 cm³/mol. The van der Waals surface area contributed by atoms with Crippen LogP contribution in [-0.2, 0) is 4.79 Å². The molecular formula is C20H16Cl2F3IN4O2S. The van der Waals surface area contributed by atoms with Gasteiger partial charge in [-0.15, -0.1) is 0 Å². The number of carbonyl (C=O) groups is 2. The lowest BCUT2D eigenvalue weighted by atomic mass is 10.2. The maximum atomic E-state index is 12.6. The molecule has 0 atom stereocenters. The van der Waals surface area contributed by atoms with Crippen molar-refractivity contribution in [2.45, 2.75) is 6.18 Å². The van der Waals surface area contributed by atoms with Gasteiger partial charge in [0.1, 0.15) is 0 Å². The average Bonchev–Trinajstić information content (AvgIpc) is 2.74. The Labute approximate surface area is 216 Å². The fourth-order valence-electron chi connectivity index (χ4n) is 3.18. The van der Waals surface area contributed by atoms with Crippen LogP contribution in [0.2, 0.25) is 10.0 Å². The van der Waals surface area contributed by atoms with Crippen LogP contribution in [0.4, 0.5) is 24.5 Å². The molecule has 0 spiro atoms. The molecule has 1 saturated heterocycles. The molecule has 2 N–H and O–H groups in total. The maximum Gasteiger partial charge on any atom is 0.471 e. The fourth-order valence-corrected chi connectivity index (χ4v) is 4.38. The number of alkyl halides is 3. The second-order valence-electron chi connectivity index (χ2n) is 6.98. The van der Waals surface area contributed by atoms with Crippen molar-refractivity contribution < 1.29 is 22.8 Å². The van der Waals surface area contributed by atoms with Gasteiger partial charge >= 0.3 is 12.1 Å². The van der Waals surface area contributed by atoms with Gasteiger partial charge in [0.15, 0.2) is 5.11 Å².